The van der Waals surface area contributed by atoms with Crippen LogP contribution in [0.25, 0.3) is 10.9 Å². The third-order valence-corrected chi connectivity index (χ3v) is 6.01. The van der Waals surface area contributed by atoms with E-state index in [2.05, 4.69) is 51.9 Å². The number of anilines is 1. The van der Waals surface area contributed by atoms with Gasteiger partial charge >= 0.3 is 0 Å². The van der Waals surface area contributed by atoms with Crippen molar-refractivity contribution in [2.75, 3.05) is 38.1 Å². The van der Waals surface area contributed by atoms with E-state index in [1.807, 2.05) is 18.3 Å². The number of fused-ring (bicyclic) bond motifs is 1. The molecule has 0 N–H and O–H groups in total. The zero-order valence-corrected chi connectivity index (χ0v) is 15.8. The number of hydrogen-bond acceptors (Lipinski definition) is 4. The average molecular weight is 352 g/mol. The molecule has 0 saturated carbocycles. The Morgan fingerprint density at radius 3 is 2.92 bits per heavy atom. The van der Waals surface area contributed by atoms with Gasteiger partial charge in [0, 0.05) is 44.2 Å². The van der Waals surface area contributed by atoms with E-state index in [1.54, 1.807) is 0 Å². The van der Waals surface area contributed by atoms with Gasteiger partial charge in [0.05, 0.1) is 23.9 Å². The second kappa shape index (κ2) is 7.23. The van der Waals surface area contributed by atoms with Crippen LogP contribution in [0.4, 0.5) is 5.69 Å². The molecule has 1 amide bonds. The number of nitrogens with zero attached hydrogens (tertiary/aromatic N) is 4. The van der Waals surface area contributed by atoms with Gasteiger partial charge in [-0.1, -0.05) is 18.2 Å². The largest absolute Gasteiger partial charge is 0.369 e. The lowest BCUT2D eigenvalue weighted by Crippen LogP contribution is -2.42. The first-order valence-electron chi connectivity index (χ1n) is 9.71. The number of hydrogen-bond donors (Lipinski definition) is 0. The minimum absolute atomic E-state index is 0.297. The number of likely N-dealkylation sites (tertiary alicyclic amines) is 2. The Morgan fingerprint density at radius 2 is 2.12 bits per heavy atom. The van der Waals surface area contributed by atoms with Crippen LogP contribution in [-0.2, 0) is 4.79 Å². The molecule has 5 heteroatoms. The smallest absolute Gasteiger partial charge is 0.236 e. The van der Waals surface area contributed by atoms with Gasteiger partial charge < -0.3 is 9.80 Å². The fourth-order valence-corrected chi connectivity index (χ4v) is 4.32. The number of pyridine rings is 1. The van der Waals surface area contributed by atoms with Gasteiger partial charge in [0.15, 0.2) is 0 Å². The van der Waals surface area contributed by atoms with E-state index < -0.39 is 0 Å². The predicted octanol–water partition coefficient (Wildman–Crippen LogP) is 2.76. The average Bonchev–Trinajstić information content (AvgIpc) is 3.29. The standard InChI is InChI=1S/C21H28N4O/c1-16-6-5-10-25(16)21(26)15-24-11-9-18(14-24)23(2)19-12-17-7-3-4-8-20(17)22-13-19/h3-4,7-8,12-13,16,18H,5-6,9-11,14-15H2,1-2H3/t16-,18+/m1/s1. The highest BCUT2D eigenvalue weighted by Gasteiger charge is 2.31. The maximum absolute atomic E-state index is 12.6. The first-order chi connectivity index (χ1) is 12.6. The van der Waals surface area contributed by atoms with E-state index in [-0.39, 0.29) is 0 Å². The summed E-state index contributed by atoms with van der Waals surface area (Å²) in [7, 11) is 2.14. The summed E-state index contributed by atoms with van der Waals surface area (Å²) >= 11 is 0. The van der Waals surface area contributed by atoms with Gasteiger partial charge in [-0.15, -0.1) is 0 Å². The fraction of sp³-hybridized carbons (Fsp3) is 0.524. The molecule has 4 rings (SSSR count). The summed E-state index contributed by atoms with van der Waals surface area (Å²) < 4.78 is 0. The molecule has 0 aliphatic carbocycles. The fourth-order valence-electron chi connectivity index (χ4n) is 4.32. The molecule has 138 valence electrons. The van der Waals surface area contributed by atoms with E-state index in [0.717, 1.165) is 50.1 Å². The van der Waals surface area contributed by atoms with E-state index in [1.165, 1.54) is 5.39 Å². The van der Waals surface area contributed by atoms with E-state index in [4.69, 9.17) is 0 Å². The molecule has 1 aromatic heterocycles. The minimum atomic E-state index is 0.297. The molecule has 2 saturated heterocycles. The molecule has 0 bridgehead atoms. The van der Waals surface area contributed by atoms with E-state index in [9.17, 15) is 4.79 Å². The Balaban J connectivity index is 1.38. The molecular formula is C21H28N4O. The summed E-state index contributed by atoms with van der Waals surface area (Å²) in [6.45, 7) is 5.59. The summed E-state index contributed by atoms with van der Waals surface area (Å²) in [4.78, 5) is 23.8. The number of likely N-dealkylation sites (N-methyl/N-ethyl adjacent to an activating group) is 1. The molecule has 2 fully saturated rings. The molecule has 5 nitrogen and oxygen atoms in total. The van der Waals surface area contributed by atoms with Crippen LogP contribution >= 0.6 is 0 Å². The third kappa shape index (κ3) is 3.40. The van der Waals surface area contributed by atoms with Crippen LogP contribution in [0.3, 0.4) is 0 Å². The third-order valence-electron chi connectivity index (χ3n) is 6.01. The lowest BCUT2D eigenvalue weighted by molar-refractivity contribution is -0.132. The van der Waals surface area contributed by atoms with Crippen LogP contribution in [0, 0.1) is 0 Å². The highest BCUT2D eigenvalue weighted by atomic mass is 16.2. The molecule has 2 atom stereocenters. The van der Waals surface area contributed by atoms with Crippen molar-refractivity contribution in [3.05, 3.63) is 36.5 Å². The summed E-state index contributed by atoms with van der Waals surface area (Å²) in [6, 6.07) is 11.3. The van der Waals surface area contributed by atoms with Crippen LogP contribution < -0.4 is 4.90 Å². The van der Waals surface area contributed by atoms with Gasteiger partial charge in [-0.05, 0) is 38.3 Å². The van der Waals surface area contributed by atoms with Crippen LogP contribution in [0.1, 0.15) is 26.2 Å². The van der Waals surface area contributed by atoms with Crippen LogP contribution in [0.2, 0.25) is 0 Å². The van der Waals surface area contributed by atoms with Gasteiger partial charge in [-0.3, -0.25) is 14.7 Å². The van der Waals surface area contributed by atoms with Gasteiger partial charge in [-0.25, -0.2) is 0 Å². The van der Waals surface area contributed by atoms with E-state index >= 15 is 0 Å². The molecule has 3 heterocycles. The van der Waals surface area contributed by atoms with Crippen molar-refractivity contribution in [3.8, 4) is 0 Å². The van der Waals surface area contributed by atoms with Crippen molar-refractivity contribution in [2.24, 2.45) is 0 Å². The first kappa shape index (κ1) is 17.3. The summed E-state index contributed by atoms with van der Waals surface area (Å²) in [5, 5.41) is 1.17. The van der Waals surface area contributed by atoms with Crippen molar-refractivity contribution < 1.29 is 4.79 Å². The quantitative estimate of drug-likeness (QED) is 0.848. The Bertz CT molecular complexity index is 792. The molecule has 0 radical (unpaired) electrons. The van der Waals surface area contributed by atoms with Gasteiger partial charge in [0.1, 0.15) is 0 Å². The number of rotatable bonds is 4. The second-order valence-electron chi connectivity index (χ2n) is 7.75. The number of amides is 1. The lowest BCUT2D eigenvalue weighted by atomic mass is 10.1. The predicted molar refractivity (Wildman–Crippen MR) is 105 cm³/mol. The Hall–Kier alpha value is -2.14. The number of benzene rings is 1. The number of para-hydroxylation sites is 1. The van der Waals surface area contributed by atoms with Crippen molar-refractivity contribution in [3.63, 3.8) is 0 Å². The van der Waals surface area contributed by atoms with Crippen LogP contribution in [0.15, 0.2) is 36.5 Å². The number of carbonyl (C=O) groups is 1. The van der Waals surface area contributed by atoms with Crippen molar-refractivity contribution in [1.82, 2.24) is 14.8 Å². The van der Waals surface area contributed by atoms with Crippen molar-refractivity contribution >= 4 is 22.5 Å². The molecule has 2 aromatic rings. The topological polar surface area (TPSA) is 39.7 Å². The second-order valence-corrected chi connectivity index (χ2v) is 7.75. The monoisotopic (exact) mass is 352 g/mol. The molecule has 26 heavy (non-hydrogen) atoms. The Labute approximate surface area is 155 Å². The van der Waals surface area contributed by atoms with Gasteiger partial charge in [0.2, 0.25) is 5.91 Å². The number of carbonyl (C=O) groups excluding carboxylic acids is 1. The van der Waals surface area contributed by atoms with Crippen LogP contribution in [0.5, 0.6) is 0 Å². The maximum Gasteiger partial charge on any atom is 0.236 e. The summed E-state index contributed by atoms with van der Waals surface area (Å²) in [6.07, 6.45) is 5.34. The molecular weight excluding hydrogens is 324 g/mol. The first-order valence-corrected chi connectivity index (χ1v) is 9.71. The number of aromatic nitrogens is 1. The minimum Gasteiger partial charge on any atom is -0.369 e. The maximum atomic E-state index is 12.6. The summed E-state index contributed by atoms with van der Waals surface area (Å²) in [5.41, 5.74) is 2.18. The van der Waals surface area contributed by atoms with Crippen LogP contribution in [-0.4, -0.2) is 66.0 Å². The van der Waals surface area contributed by atoms with Gasteiger partial charge in [0.25, 0.3) is 0 Å². The summed E-state index contributed by atoms with van der Waals surface area (Å²) in [5.74, 6) is 0.297. The molecule has 0 unspecified atom stereocenters. The zero-order valence-electron chi connectivity index (χ0n) is 15.8. The Kier molecular flexibility index (Phi) is 4.81. The highest BCUT2D eigenvalue weighted by molar-refractivity contribution is 5.81. The molecule has 2 aliphatic heterocycles. The zero-order chi connectivity index (χ0) is 18.1. The van der Waals surface area contributed by atoms with Crippen molar-refractivity contribution in [1.29, 1.82) is 0 Å². The molecule has 1 aromatic carbocycles. The van der Waals surface area contributed by atoms with Gasteiger partial charge in [-0.2, -0.15) is 0 Å². The molecule has 2 aliphatic rings. The molecule has 0 spiro atoms. The Morgan fingerprint density at radius 1 is 1.27 bits per heavy atom. The van der Waals surface area contributed by atoms with Crippen molar-refractivity contribution in [2.45, 2.75) is 38.3 Å². The van der Waals surface area contributed by atoms with E-state index in [0.29, 0.717) is 24.5 Å². The highest BCUT2D eigenvalue weighted by Crippen LogP contribution is 2.24. The SMILES string of the molecule is C[C@@H]1CCCN1C(=O)CN1CC[C@H](N(C)c2cnc3ccccc3c2)C1. The normalized spacial score (nSPS) is 23.7. The lowest BCUT2D eigenvalue weighted by Gasteiger charge is -2.28.